The van der Waals surface area contributed by atoms with Crippen LogP contribution in [0.25, 0.3) is 0 Å². The van der Waals surface area contributed by atoms with Crippen LogP contribution in [0.4, 0.5) is 5.69 Å². The Bertz CT molecular complexity index is 673. The van der Waals surface area contributed by atoms with Crippen LogP contribution in [0, 0.1) is 0 Å². The number of nitrogens with one attached hydrogen (secondary N) is 1. The number of carbonyl (C=O) groups is 1. The van der Waals surface area contributed by atoms with Crippen molar-refractivity contribution in [2.75, 3.05) is 5.32 Å². The quantitative estimate of drug-likeness (QED) is 0.804. The third-order valence-electron chi connectivity index (χ3n) is 2.62. The van der Waals surface area contributed by atoms with E-state index in [1.54, 1.807) is 42.5 Å². The van der Waals surface area contributed by atoms with Crippen LogP contribution in [0.2, 0.25) is 5.02 Å². The molecule has 0 radical (unpaired) electrons. The normalized spacial score (nSPS) is 10.1. The van der Waals surface area contributed by atoms with Gasteiger partial charge in [0.2, 0.25) is 0 Å². The standard InChI is InChI=1S/C14H10BrClN2OS/c15-11-3-1-2-10(12(11)16)14(19)18-9-6-4-8(5-7-9)13(17)20/h1-7H,(H2,17,20)(H,18,19). The number of thiocarbonyl (C=S) groups is 1. The first kappa shape index (κ1) is 15.0. The predicted octanol–water partition coefficient (Wildman–Crippen LogP) is 3.99. The molecule has 3 nitrogen and oxygen atoms in total. The SMILES string of the molecule is NC(=S)c1ccc(NC(=O)c2cccc(Br)c2Cl)cc1. The number of benzene rings is 2. The minimum atomic E-state index is -0.278. The maximum Gasteiger partial charge on any atom is 0.257 e. The fourth-order valence-electron chi connectivity index (χ4n) is 1.60. The molecule has 0 unspecified atom stereocenters. The maximum atomic E-state index is 12.1. The lowest BCUT2D eigenvalue weighted by atomic mass is 10.2. The molecule has 1 amide bonds. The monoisotopic (exact) mass is 368 g/mol. The maximum absolute atomic E-state index is 12.1. The smallest absolute Gasteiger partial charge is 0.257 e. The highest BCUT2D eigenvalue weighted by molar-refractivity contribution is 9.10. The van der Waals surface area contributed by atoms with Crippen molar-refractivity contribution in [1.29, 1.82) is 0 Å². The van der Waals surface area contributed by atoms with Crippen LogP contribution < -0.4 is 11.1 Å². The Morgan fingerprint density at radius 1 is 1.20 bits per heavy atom. The van der Waals surface area contributed by atoms with Crippen LogP contribution in [0.3, 0.4) is 0 Å². The highest BCUT2D eigenvalue weighted by atomic mass is 79.9. The van der Waals surface area contributed by atoms with Gasteiger partial charge >= 0.3 is 0 Å². The predicted molar refractivity (Wildman–Crippen MR) is 89.4 cm³/mol. The Labute approximate surface area is 135 Å². The van der Waals surface area contributed by atoms with E-state index in [-0.39, 0.29) is 5.91 Å². The average molecular weight is 370 g/mol. The van der Waals surface area contributed by atoms with Crippen LogP contribution in [0.1, 0.15) is 15.9 Å². The highest BCUT2D eigenvalue weighted by Gasteiger charge is 2.12. The Kier molecular flexibility index (Phi) is 4.75. The van der Waals surface area contributed by atoms with Gasteiger partial charge in [0.15, 0.2) is 0 Å². The van der Waals surface area contributed by atoms with E-state index in [9.17, 15) is 4.79 Å². The summed E-state index contributed by atoms with van der Waals surface area (Å²) >= 11 is 14.2. The zero-order valence-corrected chi connectivity index (χ0v) is 13.3. The number of rotatable bonds is 3. The summed E-state index contributed by atoms with van der Waals surface area (Å²) in [6.45, 7) is 0. The molecule has 0 spiro atoms. The second-order valence-corrected chi connectivity index (χ2v) is 5.67. The van der Waals surface area contributed by atoms with Gasteiger partial charge in [0.1, 0.15) is 4.99 Å². The van der Waals surface area contributed by atoms with Crippen LogP contribution in [-0.4, -0.2) is 10.9 Å². The molecule has 0 aliphatic rings. The summed E-state index contributed by atoms with van der Waals surface area (Å²) in [5.74, 6) is -0.278. The number of amides is 1. The molecule has 20 heavy (non-hydrogen) atoms. The molecule has 2 aromatic rings. The van der Waals surface area contributed by atoms with Crippen molar-refractivity contribution < 1.29 is 4.79 Å². The van der Waals surface area contributed by atoms with Gasteiger partial charge in [0.05, 0.1) is 10.6 Å². The van der Waals surface area contributed by atoms with E-state index < -0.39 is 0 Å². The van der Waals surface area contributed by atoms with Gasteiger partial charge in [0.25, 0.3) is 5.91 Å². The van der Waals surface area contributed by atoms with Crippen LogP contribution in [0.5, 0.6) is 0 Å². The zero-order chi connectivity index (χ0) is 14.7. The van der Waals surface area contributed by atoms with Crippen LogP contribution in [0.15, 0.2) is 46.9 Å². The molecule has 0 bridgehead atoms. The van der Waals surface area contributed by atoms with Crippen molar-refractivity contribution in [2.24, 2.45) is 5.73 Å². The van der Waals surface area contributed by atoms with Crippen molar-refractivity contribution in [2.45, 2.75) is 0 Å². The summed E-state index contributed by atoms with van der Waals surface area (Å²) in [5, 5.41) is 3.14. The van der Waals surface area contributed by atoms with Crippen molar-refractivity contribution in [3.8, 4) is 0 Å². The molecule has 6 heteroatoms. The molecule has 2 aromatic carbocycles. The highest BCUT2D eigenvalue weighted by Crippen LogP contribution is 2.26. The molecule has 102 valence electrons. The van der Waals surface area contributed by atoms with E-state index in [0.717, 1.165) is 5.56 Å². The van der Waals surface area contributed by atoms with E-state index in [2.05, 4.69) is 21.2 Å². The summed E-state index contributed by atoms with van der Waals surface area (Å²) in [5.41, 5.74) is 7.31. The van der Waals surface area contributed by atoms with E-state index in [4.69, 9.17) is 29.6 Å². The summed E-state index contributed by atoms with van der Waals surface area (Å²) < 4.78 is 0.677. The Hall–Kier alpha value is -1.43. The van der Waals surface area contributed by atoms with E-state index >= 15 is 0 Å². The van der Waals surface area contributed by atoms with Crippen molar-refractivity contribution in [1.82, 2.24) is 0 Å². The van der Waals surface area contributed by atoms with Crippen LogP contribution >= 0.6 is 39.7 Å². The molecule has 0 heterocycles. The van der Waals surface area contributed by atoms with E-state index in [1.165, 1.54) is 0 Å². The molecule has 3 N–H and O–H groups in total. The number of hydrogen-bond donors (Lipinski definition) is 2. The van der Waals surface area contributed by atoms with Gasteiger partial charge in [-0.3, -0.25) is 4.79 Å². The van der Waals surface area contributed by atoms with E-state index in [0.29, 0.717) is 25.7 Å². The topological polar surface area (TPSA) is 55.1 Å². The summed E-state index contributed by atoms with van der Waals surface area (Å²) in [6.07, 6.45) is 0. The number of hydrogen-bond acceptors (Lipinski definition) is 2. The largest absolute Gasteiger partial charge is 0.389 e. The number of halogens is 2. The Morgan fingerprint density at radius 3 is 2.45 bits per heavy atom. The fraction of sp³-hybridized carbons (Fsp3) is 0. The summed E-state index contributed by atoms with van der Waals surface area (Å²) in [7, 11) is 0. The first-order valence-electron chi connectivity index (χ1n) is 5.64. The first-order chi connectivity index (χ1) is 9.49. The molecule has 2 rings (SSSR count). The third kappa shape index (κ3) is 3.36. The molecular formula is C14H10BrClN2OS. The summed E-state index contributed by atoms with van der Waals surface area (Å²) in [4.78, 5) is 12.5. The van der Waals surface area contributed by atoms with Gasteiger partial charge < -0.3 is 11.1 Å². The number of anilines is 1. The van der Waals surface area contributed by atoms with Gasteiger partial charge in [0, 0.05) is 15.7 Å². The lowest BCUT2D eigenvalue weighted by Gasteiger charge is -2.08. The van der Waals surface area contributed by atoms with Gasteiger partial charge in [-0.05, 0) is 52.3 Å². The average Bonchev–Trinajstić information content (AvgIpc) is 2.42. The second-order valence-electron chi connectivity index (χ2n) is 4.00. The van der Waals surface area contributed by atoms with E-state index in [1.807, 2.05) is 0 Å². The summed E-state index contributed by atoms with van der Waals surface area (Å²) in [6, 6.07) is 12.2. The number of carbonyl (C=O) groups excluding carboxylic acids is 1. The fourth-order valence-corrected chi connectivity index (χ4v) is 2.31. The van der Waals surface area contributed by atoms with Gasteiger partial charge in [-0.2, -0.15) is 0 Å². The molecule has 0 aliphatic carbocycles. The first-order valence-corrected chi connectivity index (χ1v) is 7.22. The minimum absolute atomic E-state index is 0.278. The molecule has 0 atom stereocenters. The molecule has 0 fully saturated rings. The molecule has 0 aromatic heterocycles. The van der Waals surface area contributed by atoms with Gasteiger partial charge in [-0.25, -0.2) is 0 Å². The van der Waals surface area contributed by atoms with Gasteiger partial charge in [-0.15, -0.1) is 0 Å². The molecule has 0 aliphatic heterocycles. The van der Waals surface area contributed by atoms with Crippen LogP contribution in [-0.2, 0) is 0 Å². The number of nitrogens with two attached hydrogens (primary N) is 1. The lowest BCUT2D eigenvalue weighted by molar-refractivity contribution is 0.102. The van der Waals surface area contributed by atoms with Gasteiger partial charge in [-0.1, -0.05) is 29.9 Å². The Morgan fingerprint density at radius 2 is 1.85 bits per heavy atom. The minimum Gasteiger partial charge on any atom is -0.389 e. The zero-order valence-electron chi connectivity index (χ0n) is 10.2. The second kappa shape index (κ2) is 6.35. The van der Waals surface area contributed by atoms with Crippen molar-refractivity contribution >= 4 is 56.3 Å². The Balaban J connectivity index is 2.19. The van der Waals surface area contributed by atoms with Crippen molar-refractivity contribution in [3.63, 3.8) is 0 Å². The third-order valence-corrected chi connectivity index (χ3v) is 4.16. The van der Waals surface area contributed by atoms with Crippen molar-refractivity contribution in [3.05, 3.63) is 63.1 Å². The lowest BCUT2D eigenvalue weighted by Crippen LogP contribution is -2.13. The molecular weight excluding hydrogens is 360 g/mol. The molecule has 0 saturated heterocycles. The molecule has 0 saturated carbocycles.